The largest absolute Gasteiger partial charge is 0.484 e. The van der Waals surface area contributed by atoms with Crippen LogP contribution in [0.5, 0.6) is 0 Å². The molecule has 1 saturated heterocycles. The normalized spacial score (nSPS) is 23.7. The molecule has 1 spiro atoms. The molecule has 2 heterocycles. The number of carbonyl (C=O) groups is 3. The molecule has 0 unspecified atom stereocenters. The Balaban J connectivity index is 1.28. The minimum Gasteiger partial charge on any atom is -0.484 e. The van der Waals surface area contributed by atoms with Crippen molar-refractivity contribution in [3.8, 4) is 0 Å². The van der Waals surface area contributed by atoms with Gasteiger partial charge in [0.1, 0.15) is 22.4 Å². The Hall–Kier alpha value is -2.28. The van der Waals surface area contributed by atoms with Crippen LogP contribution >= 0.6 is 11.8 Å². The highest BCUT2D eigenvalue weighted by atomic mass is 32.2. The van der Waals surface area contributed by atoms with E-state index in [-0.39, 0.29) is 12.2 Å². The van der Waals surface area contributed by atoms with Crippen LogP contribution in [0.3, 0.4) is 0 Å². The Labute approximate surface area is 180 Å². The quantitative estimate of drug-likeness (QED) is 0.626. The summed E-state index contributed by atoms with van der Waals surface area (Å²) in [6.45, 7) is 1.15. The molecule has 1 aromatic carbocycles. The van der Waals surface area contributed by atoms with Crippen LogP contribution in [0.4, 0.5) is 4.79 Å². The number of ether oxygens (including phenoxy) is 2. The molecule has 6 nitrogen and oxygen atoms in total. The van der Waals surface area contributed by atoms with Gasteiger partial charge in [0, 0.05) is 42.8 Å². The van der Waals surface area contributed by atoms with Crippen molar-refractivity contribution in [2.45, 2.75) is 56.7 Å². The van der Waals surface area contributed by atoms with Gasteiger partial charge < -0.3 is 14.4 Å². The van der Waals surface area contributed by atoms with Crippen molar-refractivity contribution < 1.29 is 23.9 Å². The lowest BCUT2D eigenvalue weighted by Gasteiger charge is -2.45. The SMILES string of the molecule is O=C1C(=O)c2ccccc2C2=C1SCC1(CCN(C(=O)OC3CCCCC3)CC1)O2. The third kappa shape index (κ3) is 3.43. The second kappa shape index (κ2) is 7.76. The number of allylic oxidation sites excluding steroid dienone is 1. The zero-order valence-electron chi connectivity index (χ0n) is 16.9. The van der Waals surface area contributed by atoms with Crippen molar-refractivity contribution in [1.82, 2.24) is 4.90 Å². The maximum atomic E-state index is 12.6. The molecule has 30 heavy (non-hydrogen) atoms. The average Bonchev–Trinajstić information content (AvgIpc) is 2.78. The van der Waals surface area contributed by atoms with E-state index in [0.29, 0.717) is 53.5 Å². The third-order valence-electron chi connectivity index (χ3n) is 6.59. The van der Waals surface area contributed by atoms with Gasteiger partial charge in [-0.15, -0.1) is 11.8 Å². The molecule has 2 aliphatic carbocycles. The molecule has 2 aliphatic heterocycles. The molecule has 0 radical (unpaired) electrons. The van der Waals surface area contributed by atoms with E-state index in [9.17, 15) is 14.4 Å². The first kappa shape index (κ1) is 19.7. The maximum Gasteiger partial charge on any atom is 0.410 e. The molecule has 1 aromatic rings. The van der Waals surface area contributed by atoms with E-state index in [1.54, 1.807) is 17.0 Å². The van der Waals surface area contributed by atoms with Gasteiger partial charge in [-0.05, 0) is 25.7 Å². The van der Waals surface area contributed by atoms with Crippen LogP contribution in [-0.4, -0.2) is 53.1 Å². The molecular weight excluding hydrogens is 402 g/mol. The summed E-state index contributed by atoms with van der Waals surface area (Å²) < 4.78 is 12.2. The van der Waals surface area contributed by atoms with Crippen LogP contribution in [0.2, 0.25) is 0 Å². The fourth-order valence-electron chi connectivity index (χ4n) is 4.76. The number of nitrogens with zero attached hydrogens (tertiary/aromatic N) is 1. The van der Waals surface area contributed by atoms with Gasteiger partial charge in [0.2, 0.25) is 11.6 Å². The van der Waals surface area contributed by atoms with Gasteiger partial charge in [-0.3, -0.25) is 9.59 Å². The predicted octanol–water partition coefficient (Wildman–Crippen LogP) is 4.19. The molecule has 1 saturated carbocycles. The van der Waals surface area contributed by atoms with E-state index in [1.165, 1.54) is 18.2 Å². The van der Waals surface area contributed by atoms with Gasteiger partial charge in [0.25, 0.3) is 0 Å². The Bertz CT molecular complexity index is 925. The summed E-state index contributed by atoms with van der Waals surface area (Å²) in [4.78, 5) is 39.7. The fraction of sp³-hybridized carbons (Fsp3) is 0.522. The van der Waals surface area contributed by atoms with Crippen LogP contribution in [0, 0.1) is 0 Å². The highest BCUT2D eigenvalue weighted by Gasteiger charge is 2.46. The number of ketones is 2. The van der Waals surface area contributed by atoms with Crippen molar-refractivity contribution in [3.63, 3.8) is 0 Å². The van der Waals surface area contributed by atoms with Crippen molar-refractivity contribution in [1.29, 1.82) is 0 Å². The van der Waals surface area contributed by atoms with Crippen molar-refractivity contribution >= 4 is 35.2 Å². The zero-order chi connectivity index (χ0) is 20.7. The molecule has 0 N–H and O–H groups in total. The number of thioether (sulfide) groups is 1. The van der Waals surface area contributed by atoms with E-state index in [1.807, 2.05) is 12.1 Å². The Morgan fingerprint density at radius 1 is 1.03 bits per heavy atom. The Morgan fingerprint density at radius 2 is 1.73 bits per heavy atom. The molecule has 0 aromatic heterocycles. The molecule has 7 heteroatoms. The van der Waals surface area contributed by atoms with Crippen LogP contribution in [0.15, 0.2) is 29.2 Å². The fourth-order valence-corrected chi connectivity index (χ4v) is 6.02. The number of rotatable bonds is 1. The van der Waals surface area contributed by atoms with Crippen LogP contribution < -0.4 is 0 Å². The number of Topliss-reactive ketones (excluding diaryl/α,β-unsaturated/α-hetero) is 2. The number of amides is 1. The van der Waals surface area contributed by atoms with Gasteiger partial charge in [0.15, 0.2) is 0 Å². The molecule has 1 amide bonds. The number of piperidine rings is 1. The highest BCUT2D eigenvalue weighted by molar-refractivity contribution is 8.04. The summed E-state index contributed by atoms with van der Waals surface area (Å²) in [5.41, 5.74) is 0.675. The molecule has 2 fully saturated rings. The van der Waals surface area contributed by atoms with E-state index >= 15 is 0 Å². The Kier molecular flexibility index (Phi) is 5.09. The number of benzene rings is 1. The van der Waals surface area contributed by atoms with E-state index < -0.39 is 17.2 Å². The molecule has 0 bridgehead atoms. The van der Waals surface area contributed by atoms with Crippen LogP contribution in [0.1, 0.15) is 60.9 Å². The molecule has 4 aliphatic rings. The van der Waals surface area contributed by atoms with Gasteiger partial charge in [0.05, 0.1) is 0 Å². The number of carbonyl (C=O) groups excluding carboxylic acids is 3. The predicted molar refractivity (Wildman–Crippen MR) is 113 cm³/mol. The highest BCUT2D eigenvalue weighted by Crippen LogP contribution is 2.47. The van der Waals surface area contributed by atoms with E-state index in [2.05, 4.69) is 0 Å². The molecular formula is C23H25NO5S. The molecule has 158 valence electrons. The summed E-state index contributed by atoms with van der Waals surface area (Å²) in [6.07, 6.45) is 6.62. The lowest BCUT2D eigenvalue weighted by molar-refractivity contribution is -0.111. The Morgan fingerprint density at radius 3 is 2.47 bits per heavy atom. The van der Waals surface area contributed by atoms with Crippen molar-refractivity contribution in [2.75, 3.05) is 18.8 Å². The lowest BCUT2D eigenvalue weighted by Crippen LogP contribution is -2.51. The first-order valence-electron chi connectivity index (χ1n) is 10.8. The van der Waals surface area contributed by atoms with Crippen LogP contribution in [0.25, 0.3) is 5.76 Å². The maximum absolute atomic E-state index is 12.6. The smallest absolute Gasteiger partial charge is 0.410 e. The lowest BCUT2D eigenvalue weighted by atomic mass is 9.90. The average molecular weight is 428 g/mol. The summed E-state index contributed by atoms with van der Waals surface area (Å²) in [5, 5.41) is 0. The number of hydrogen-bond acceptors (Lipinski definition) is 6. The molecule has 0 atom stereocenters. The number of fused-ring (bicyclic) bond motifs is 2. The summed E-state index contributed by atoms with van der Waals surface area (Å²) in [6, 6.07) is 7.13. The van der Waals surface area contributed by atoms with Crippen molar-refractivity contribution in [2.24, 2.45) is 0 Å². The van der Waals surface area contributed by atoms with Gasteiger partial charge in [-0.25, -0.2) is 4.79 Å². The topological polar surface area (TPSA) is 72.9 Å². The van der Waals surface area contributed by atoms with E-state index in [4.69, 9.17) is 9.47 Å². The first-order valence-corrected chi connectivity index (χ1v) is 11.7. The number of hydrogen-bond donors (Lipinski definition) is 0. The zero-order valence-corrected chi connectivity index (χ0v) is 17.7. The second-order valence-electron chi connectivity index (χ2n) is 8.57. The third-order valence-corrected chi connectivity index (χ3v) is 7.92. The summed E-state index contributed by atoms with van der Waals surface area (Å²) in [7, 11) is 0. The standard InChI is InChI=1S/C23H25NO5S/c25-18-16-8-4-5-9-17(16)20-21(19(18)26)30-14-23(29-20)10-12-24(13-11-23)22(27)28-15-6-2-1-3-7-15/h4-5,8-9,15H,1-3,6-7,10-14H2. The molecule has 5 rings (SSSR count). The second-order valence-corrected chi connectivity index (χ2v) is 9.55. The van der Waals surface area contributed by atoms with Crippen molar-refractivity contribution in [3.05, 3.63) is 40.3 Å². The van der Waals surface area contributed by atoms with E-state index in [0.717, 1.165) is 25.7 Å². The minimum absolute atomic E-state index is 0.0543. The first-order chi connectivity index (χ1) is 14.6. The monoisotopic (exact) mass is 427 g/mol. The number of likely N-dealkylation sites (tertiary alicyclic amines) is 1. The van der Waals surface area contributed by atoms with Gasteiger partial charge in [-0.2, -0.15) is 0 Å². The van der Waals surface area contributed by atoms with Crippen LogP contribution in [-0.2, 0) is 14.3 Å². The summed E-state index contributed by atoms with van der Waals surface area (Å²) >= 11 is 1.42. The minimum atomic E-state index is -0.475. The summed E-state index contributed by atoms with van der Waals surface area (Å²) in [5.74, 6) is 0.205. The van der Waals surface area contributed by atoms with Gasteiger partial charge >= 0.3 is 6.09 Å². The van der Waals surface area contributed by atoms with Gasteiger partial charge in [-0.1, -0.05) is 30.7 Å².